The highest BCUT2D eigenvalue weighted by molar-refractivity contribution is 6.11. The number of rotatable bonds is 2. The van der Waals surface area contributed by atoms with Gasteiger partial charge in [0.05, 0.1) is 11.1 Å². The van der Waals surface area contributed by atoms with Gasteiger partial charge in [-0.3, -0.25) is 4.79 Å². The number of esters is 1. The number of Topliss-reactive ketones (excluding diaryl/α,β-unsaturated/α-hetero) is 1. The predicted molar refractivity (Wildman–Crippen MR) is 75.2 cm³/mol. The van der Waals surface area contributed by atoms with E-state index < -0.39 is 11.8 Å². The fraction of sp³-hybridized carbons (Fsp3) is 0.125. The van der Waals surface area contributed by atoms with Crippen LogP contribution in [0.1, 0.15) is 27.1 Å². The maximum Gasteiger partial charge on any atom is 0.344 e. The second-order valence-electron chi connectivity index (χ2n) is 4.67. The Morgan fingerprint density at radius 2 is 1.90 bits per heavy atom. The largest absolute Gasteiger partial charge is 0.423 e. The summed E-state index contributed by atoms with van der Waals surface area (Å²) in [6, 6.07) is 10.1. The van der Waals surface area contributed by atoms with Crippen molar-refractivity contribution < 1.29 is 18.7 Å². The van der Waals surface area contributed by atoms with E-state index in [2.05, 4.69) is 5.32 Å². The second kappa shape index (κ2) is 5.36. The Morgan fingerprint density at radius 1 is 1.14 bits per heavy atom. The minimum atomic E-state index is -0.629. The molecule has 1 N–H and O–H groups in total. The molecule has 0 spiro atoms. The van der Waals surface area contributed by atoms with Gasteiger partial charge in [-0.15, -0.1) is 0 Å². The number of benzene rings is 2. The van der Waals surface area contributed by atoms with Crippen molar-refractivity contribution in [2.24, 2.45) is 0 Å². The first-order valence-electron chi connectivity index (χ1n) is 6.53. The van der Waals surface area contributed by atoms with Crippen LogP contribution in [0, 0.1) is 5.82 Å². The van der Waals surface area contributed by atoms with Crippen molar-refractivity contribution in [1.29, 1.82) is 0 Å². The molecule has 106 valence electrons. The molecule has 0 unspecified atom stereocenters. The Balaban J connectivity index is 1.91. The van der Waals surface area contributed by atoms with Gasteiger partial charge in [-0.2, -0.15) is 0 Å². The second-order valence-corrected chi connectivity index (χ2v) is 4.67. The molecule has 1 heterocycles. The highest BCUT2D eigenvalue weighted by Crippen LogP contribution is 2.26. The third kappa shape index (κ3) is 2.63. The Labute approximate surface area is 120 Å². The molecular formula is C16H12FNO3. The van der Waals surface area contributed by atoms with Gasteiger partial charge < -0.3 is 10.1 Å². The summed E-state index contributed by atoms with van der Waals surface area (Å²) in [5.74, 6) is -0.896. The van der Waals surface area contributed by atoms with Crippen LogP contribution in [0.3, 0.4) is 0 Å². The summed E-state index contributed by atoms with van der Waals surface area (Å²) in [4.78, 5) is 24.2. The fourth-order valence-corrected chi connectivity index (χ4v) is 2.27. The lowest BCUT2D eigenvalue weighted by atomic mass is 9.96. The molecule has 21 heavy (non-hydrogen) atoms. The number of carbonyl (C=O) groups excluding carboxylic acids is 2. The van der Waals surface area contributed by atoms with Crippen molar-refractivity contribution in [1.82, 2.24) is 0 Å². The Bertz CT molecular complexity index is 710. The molecule has 0 aromatic heterocycles. The highest BCUT2D eigenvalue weighted by atomic mass is 19.1. The molecule has 2 aromatic rings. The average molecular weight is 285 g/mol. The average Bonchev–Trinajstić information content (AvgIpc) is 2.49. The van der Waals surface area contributed by atoms with Gasteiger partial charge in [0.25, 0.3) is 0 Å². The minimum Gasteiger partial charge on any atom is -0.423 e. The smallest absolute Gasteiger partial charge is 0.344 e. The molecule has 4 nitrogen and oxygen atoms in total. The van der Waals surface area contributed by atoms with Gasteiger partial charge in [0.15, 0.2) is 5.78 Å². The summed E-state index contributed by atoms with van der Waals surface area (Å²) >= 11 is 0. The zero-order valence-electron chi connectivity index (χ0n) is 11.1. The van der Waals surface area contributed by atoms with Gasteiger partial charge in [-0.1, -0.05) is 6.07 Å². The first-order valence-corrected chi connectivity index (χ1v) is 6.53. The molecule has 0 atom stereocenters. The fourth-order valence-electron chi connectivity index (χ4n) is 2.27. The number of anilines is 1. The maximum absolute atomic E-state index is 12.8. The van der Waals surface area contributed by atoms with Gasteiger partial charge >= 0.3 is 5.97 Å². The number of nitrogens with one attached hydrogen (secondary N) is 1. The topological polar surface area (TPSA) is 55.4 Å². The van der Waals surface area contributed by atoms with E-state index in [9.17, 15) is 14.0 Å². The van der Waals surface area contributed by atoms with Crippen LogP contribution in [-0.4, -0.2) is 18.3 Å². The van der Waals surface area contributed by atoms with E-state index in [4.69, 9.17) is 4.74 Å². The number of ether oxygens (including phenoxy) is 1. The van der Waals surface area contributed by atoms with E-state index in [0.717, 1.165) is 0 Å². The van der Waals surface area contributed by atoms with Crippen LogP contribution in [-0.2, 0) is 0 Å². The van der Waals surface area contributed by atoms with E-state index in [0.29, 0.717) is 24.2 Å². The van der Waals surface area contributed by atoms with Crippen molar-refractivity contribution in [3.05, 3.63) is 59.4 Å². The lowest BCUT2D eigenvalue weighted by Crippen LogP contribution is -2.22. The summed E-state index contributed by atoms with van der Waals surface area (Å²) in [5, 5.41) is 3.08. The summed E-state index contributed by atoms with van der Waals surface area (Å²) in [6.45, 7) is 0.558. The number of halogens is 1. The number of ketones is 1. The molecule has 2 aromatic carbocycles. The van der Waals surface area contributed by atoms with Gasteiger partial charge in [-0.25, -0.2) is 9.18 Å². The zero-order chi connectivity index (χ0) is 14.8. The quantitative estimate of drug-likeness (QED) is 0.680. The van der Waals surface area contributed by atoms with Crippen LogP contribution in [0.4, 0.5) is 10.1 Å². The Hall–Kier alpha value is -2.69. The molecule has 5 heteroatoms. The molecule has 1 aliphatic heterocycles. The number of hydrogen-bond donors (Lipinski definition) is 1. The van der Waals surface area contributed by atoms with Crippen molar-refractivity contribution in [3.8, 4) is 5.75 Å². The maximum atomic E-state index is 12.8. The highest BCUT2D eigenvalue weighted by Gasteiger charge is 2.24. The van der Waals surface area contributed by atoms with Gasteiger partial charge in [-0.05, 0) is 36.4 Å². The summed E-state index contributed by atoms with van der Waals surface area (Å²) < 4.78 is 18.0. The monoisotopic (exact) mass is 285 g/mol. The van der Waals surface area contributed by atoms with Crippen molar-refractivity contribution in [2.75, 3.05) is 11.9 Å². The molecule has 0 fully saturated rings. The van der Waals surface area contributed by atoms with Gasteiger partial charge in [0.2, 0.25) is 0 Å². The molecular weight excluding hydrogens is 273 g/mol. The minimum absolute atomic E-state index is 0.0876. The van der Waals surface area contributed by atoms with Gasteiger partial charge in [0.1, 0.15) is 11.6 Å². The van der Waals surface area contributed by atoms with Crippen LogP contribution < -0.4 is 10.1 Å². The van der Waals surface area contributed by atoms with Crippen molar-refractivity contribution in [3.63, 3.8) is 0 Å². The number of fused-ring (bicyclic) bond motifs is 1. The van der Waals surface area contributed by atoms with E-state index in [-0.39, 0.29) is 17.1 Å². The van der Waals surface area contributed by atoms with Crippen molar-refractivity contribution in [2.45, 2.75) is 6.42 Å². The van der Waals surface area contributed by atoms with E-state index in [1.54, 1.807) is 18.2 Å². The van der Waals surface area contributed by atoms with Crippen molar-refractivity contribution >= 4 is 17.4 Å². The molecule has 0 radical (unpaired) electrons. The Kier molecular flexibility index (Phi) is 3.39. The summed E-state index contributed by atoms with van der Waals surface area (Å²) in [6.07, 6.45) is 0.341. The first kappa shape index (κ1) is 13.3. The van der Waals surface area contributed by atoms with E-state index in [1.807, 2.05) is 0 Å². The molecule has 0 bridgehead atoms. The van der Waals surface area contributed by atoms with Crippen LogP contribution in [0.2, 0.25) is 0 Å². The lowest BCUT2D eigenvalue weighted by Gasteiger charge is -2.19. The lowest BCUT2D eigenvalue weighted by molar-refractivity contribution is 0.0729. The third-order valence-corrected chi connectivity index (χ3v) is 3.25. The van der Waals surface area contributed by atoms with Crippen LogP contribution in [0.25, 0.3) is 0 Å². The van der Waals surface area contributed by atoms with E-state index >= 15 is 0 Å². The number of hydrogen-bond acceptors (Lipinski definition) is 4. The zero-order valence-corrected chi connectivity index (χ0v) is 11.1. The molecule has 1 aliphatic rings. The van der Waals surface area contributed by atoms with Crippen LogP contribution in [0.15, 0.2) is 42.5 Å². The Morgan fingerprint density at radius 3 is 2.67 bits per heavy atom. The standard InChI is InChI=1S/C16H12FNO3/c17-10-4-6-11(7-5-10)21-16(20)12-2-1-3-13-15(12)14(19)8-9-18-13/h1-7,18H,8-9H2. The molecule has 0 saturated carbocycles. The molecule has 0 aliphatic carbocycles. The molecule has 0 amide bonds. The van der Waals surface area contributed by atoms with Gasteiger partial charge in [0, 0.05) is 18.7 Å². The molecule has 3 rings (SSSR count). The summed E-state index contributed by atoms with van der Waals surface area (Å²) in [7, 11) is 0. The van der Waals surface area contributed by atoms with Crippen LogP contribution >= 0.6 is 0 Å². The third-order valence-electron chi connectivity index (χ3n) is 3.25. The van der Waals surface area contributed by atoms with Crippen LogP contribution in [0.5, 0.6) is 5.75 Å². The normalized spacial score (nSPS) is 13.3. The molecule has 0 saturated heterocycles. The predicted octanol–water partition coefficient (Wildman–Crippen LogP) is 3.04. The SMILES string of the molecule is O=C(Oc1ccc(F)cc1)c1cccc2c1C(=O)CCN2. The summed E-state index contributed by atoms with van der Waals surface area (Å²) in [5.41, 5.74) is 1.21. The number of carbonyl (C=O) groups is 2. The van der Waals surface area contributed by atoms with E-state index in [1.165, 1.54) is 24.3 Å². The first-order chi connectivity index (χ1) is 10.1.